The van der Waals surface area contributed by atoms with Gasteiger partial charge in [0.1, 0.15) is 12.4 Å². The van der Waals surface area contributed by atoms with Crippen molar-refractivity contribution in [1.29, 1.82) is 0 Å². The molecule has 0 saturated carbocycles. The monoisotopic (exact) mass is 354 g/mol. The van der Waals surface area contributed by atoms with Crippen molar-refractivity contribution in [3.05, 3.63) is 65.7 Å². The number of phenolic OH excluding ortho intramolecular Hbond substituents is 1. The highest BCUT2D eigenvalue weighted by atomic mass is 16.6. The SMILES string of the molecule is O=C(NC[C@@H]1CCN(C(=O)OCc2ccccc2)C1)c1ccc(O)cc1. The van der Waals surface area contributed by atoms with Gasteiger partial charge in [0.05, 0.1) is 0 Å². The molecule has 1 fully saturated rings. The van der Waals surface area contributed by atoms with Gasteiger partial charge in [0.2, 0.25) is 0 Å². The fraction of sp³-hybridized carbons (Fsp3) is 0.300. The van der Waals surface area contributed by atoms with Crippen LogP contribution in [0.1, 0.15) is 22.3 Å². The van der Waals surface area contributed by atoms with Gasteiger partial charge in [-0.2, -0.15) is 0 Å². The third-order valence-corrected chi connectivity index (χ3v) is 4.43. The predicted molar refractivity (Wildman–Crippen MR) is 96.7 cm³/mol. The van der Waals surface area contributed by atoms with Gasteiger partial charge in [-0.3, -0.25) is 4.79 Å². The molecule has 0 radical (unpaired) electrons. The number of nitrogens with zero attached hydrogens (tertiary/aromatic N) is 1. The van der Waals surface area contributed by atoms with Crippen molar-refractivity contribution in [2.24, 2.45) is 5.92 Å². The Balaban J connectivity index is 1.41. The van der Waals surface area contributed by atoms with Gasteiger partial charge in [-0.25, -0.2) is 4.79 Å². The minimum absolute atomic E-state index is 0.127. The van der Waals surface area contributed by atoms with E-state index in [1.807, 2.05) is 30.3 Å². The van der Waals surface area contributed by atoms with Crippen molar-refractivity contribution in [3.8, 4) is 5.75 Å². The molecular formula is C20H22N2O4. The highest BCUT2D eigenvalue weighted by Crippen LogP contribution is 2.17. The Labute approximate surface area is 152 Å². The minimum atomic E-state index is -0.318. The summed E-state index contributed by atoms with van der Waals surface area (Å²) in [5.74, 6) is 0.150. The van der Waals surface area contributed by atoms with E-state index in [0.29, 0.717) is 25.2 Å². The first-order chi connectivity index (χ1) is 12.6. The minimum Gasteiger partial charge on any atom is -0.508 e. The Morgan fingerprint density at radius 3 is 2.58 bits per heavy atom. The molecule has 1 aliphatic heterocycles. The molecule has 2 aromatic carbocycles. The molecule has 0 bridgehead atoms. The number of hydrogen-bond donors (Lipinski definition) is 2. The molecule has 136 valence electrons. The molecule has 0 spiro atoms. The Bertz CT molecular complexity index is 746. The van der Waals surface area contributed by atoms with Crippen LogP contribution in [-0.2, 0) is 11.3 Å². The lowest BCUT2D eigenvalue weighted by molar-refractivity contribution is 0.0945. The Morgan fingerprint density at radius 2 is 1.85 bits per heavy atom. The van der Waals surface area contributed by atoms with Crippen LogP contribution in [0.4, 0.5) is 4.79 Å². The van der Waals surface area contributed by atoms with E-state index < -0.39 is 0 Å². The zero-order valence-corrected chi connectivity index (χ0v) is 14.4. The van der Waals surface area contributed by atoms with Gasteiger partial charge >= 0.3 is 6.09 Å². The van der Waals surface area contributed by atoms with Crippen LogP contribution in [0.3, 0.4) is 0 Å². The Morgan fingerprint density at radius 1 is 1.12 bits per heavy atom. The molecule has 1 saturated heterocycles. The summed E-state index contributed by atoms with van der Waals surface area (Å²) in [6.07, 6.45) is 0.511. The first-order valence-electron chi connectivity index (χ1n) is 8.64. The summed E-state index contributed by atoms with van der Waals surface area (Å²) in [7, 11) is 0. The number of benzene rings is 2. The van der Waals surface area contributed by atoms with Crippen molar-refractivity contribution in [3.63, 3.8) is 0 Å². The largest absolute Gasteiger partial charge is 0.508 e. The van der Waals surface area contributed by atoms with Gasteiger partial charge in [-0.05, 0) is 42.2 Å². The quantitative estimate of drug-likeness (QED) is 0.865. The number of likely N-dealkylation sites (tertiary alicyclic amines) is 1. The second kappa shape index (κ2) is 8.38. The lowest BCUT2D eigenvalue weighted by atomic mass is 10.1. The number of rotatable bonds is 5. The summed E-state index contributed by atoms with van der Waals surface area (Å²) in [5, 5.41) is 12.1. The number of hydrogen-bond acceptors (Lipinski definition) is 4. The average molecular weight is 354 g/mol. The average Bonchev–Trinajstić information content (AvgIpc) is 3.15. The first kappa shape index (κ1) is 17.8. The normalized spacial score (nSPS) is 16.3. The third kappa shape index (κ3) is 4.75. The fourth-order valence-corrected chi connectivity index (χ4v) is 2.93. The van der Waals surface area contributed by atoms with Gasteiger partial charge in [-0.15, -0.1) is 0 Å². The number of nitrogens with one attached hydrogen (secondary N) is 1. The molecular weight excluding hydrogens is 332 g/mol. The van der Waals surface area contributed by atoms with E-state index in [1.165, 1.54) is 12.1 Å². The van der Waals surface area contributed by atoms with E-state index in [4.69, 9.17) is 4.74 Å². The lowest BCUT2D eigenvalue weighted by Gasteiger charge is -2.16. The highest BCUT2D eigenvalue weighted by molar-refractivity contribution is 5.94. The lowest BCUT2D eigenvalue weighted by Crippen LogP contribution is -2.33. The molecule has 0 unspecified atom stereocenters. The van der Waals surface area contributed by atoms with E-state index in [9.17, 15) is 14.7 Å². The molecule has 1 atom stereocenters. The second-order valence-corrected chi connectivity index (χ2v) is 6.40. The number of amides is 2. The van der Waals surface area contributed by atoms with E-state index in [1.54, 1.807) is 17.0 Å². The molecule has 0 aromatic heterocycles. The van der Waals surface area contributed by atoms with Crippen LogP contribution in [0, 0.1) is 5.92 Å². The highest BCUT2D eigenvalue weighted by Gasteiger charge is 2.27. The number of carbonyl (C=O) groups is 2. The molecule has 1 aliphatic rings. The molecule has 0 aliphatic carbocycles. The summed E-state index contributed by atoms with van der Waals surface area (Å²) in [6, 6.07) is 15.7. The van der Waals surface area contributed by atoms with Crippen molar-refractivity contribution in [1.82, 2.24) is 10.2 Å². The smallest absolute Gasteiger partial charge is 0.410 e. The number of ether oxygens (including phenoxy) is 1. The van der Waals surface area contributed by atoms with Crippen LogP contribution in [0.5, 0.6) is 5.75 Å². The molecule has 3 rings (SSSR count). The van der Waals surface area contributed by atoms with Gasteiger partial charge in [0.15, 0.2) is 0 Å². The van der Waals surface area contributed by atoms with Gasteiger partial charge in [-0.1, -0.05) is 30.3 Å². The topological polar surface area (TPSA) is 78.9 Å². The standard InChI is InChI=1S/C20H22N2O4/c23-18-8-6-17(7-9-18)19(24)21-12-16-10-11-22(13-16)20(25)26-14-15-4-2-1-3-5-15/h1-9,16,23H,10-14H2,(H,21,24)/t16-/m0/s1. The maximum absolute atomic E-state index is 12.1. The van der Waals surface area contributed by atoms with Crippen molar-refractivity contribution in [2.75, 3.05) is 19.6 Å². The van der Waals surface area contributed by atoms with E-state index in [0.717, 1.165) is 12.0 Å². The zero-order valence-electron chi connectivity index (χ0n) is 14.4. The zero-order chi connectivity index (χ0) is 18.4. The van der Waals surface area contributed by atoms with E-state index in [2.05, 4.69) is 5.32 Å². The third-order valence-electron chi connectivity index (χ3n) is 4.43. The van der Waals surface area contributed by atoms with Crippen molar-refractivity contribution in [2.45, 2.75) is 13.0 Å². The maximum atomic E-state index is 12.1. The first-order valence-corrected chi connectivity index (χ1v) is 8.64. The summed E-state index contributed by atoms with van der Waals surface area (Å²) < 4.78 is 5.34. The summed E-state index contributed by atoms with van der Waals surface area (Å²) in [6.45, 7) is 1.97. The van der Waals surface area contributed by atoms with Crippen LogP contribution >= 0.6 is 0 Å². The van der Waals surface area contributed by atoms with Crippen molar-refractivity contribution < 1.29 is 19.4 Å². The molecule has 6 nitrogen and oxygen atoms in total. The maximum Gasteiger partial charge on any atom is 0.410 e. The summed E-state index contributed by atoms with van der Waals surface area (Å²) >= 11 is 0. The van der Waals surface area contributed by atoms with Crippen LogP contribution in [-0.4, -0.2) is 41.6 Å². The second-order valence-electron chi connectivity index (χ2n) is 6.40. The van der Waals surface area contributed by atoms with Crippen LogP contribution in [0.2, 0.25) is 0 Å². The van der Waals surface area contributed by atoms with Gasteiger partial charge in [0, 0.05) is 25.2 Å². The van der Waals surface area contributed by atoms with Gasteiger partial charge < -0.3 is 20.1 Å². The fourth-order valence-electron chi connectivity index (χ4n) is 2.93. The molecule has 2 N–H and O–H groups in total. The molecule has 6 heteroatoms. The number of phenols is 1. The van der Waals surface area contributed by atoms with Crippen LogP contribution in [0.15, 0.2) is 54.6 Å². The summed E-state index contributed by atoms with van der Waals surface area (Å²) in [4.78, 5) is 25.9. The Kier molecular flexibility index (Phi) is 5.73. The molecule has 1 heterocycles. The number of aromatic hydroxyl groups is 1. The molecule has 26 heavy (non-hydrogen) atoms. The van der Waals surface area contributed by atoms with Crippen molar-refractivity contribution >= 4 is 12.0 Å². The predicted octanol–water partition coefficient (Wildman–Crippen LogP) is 2.78. The van der Waals surface area contributed by atoms with E-state index in [-0.39, 0.29) is 30.3 Å². The van der Waals surface area contributed by atoms with Crippen LogP contribution in [0.25, 0.3) is 0 Å². The Hall–Kier alpha value is -3.02. The van der Waals surface area contributed by atoms with Crippen LogP contribution < -0.4 is 5.32 Å². The molecule has 2 amide bonds. The number of carbonyl (C=O) groups excluding carboxylic acids is 2. The van der Waals surface area contributed by atoms with E-state index >= 15 is 0 Å². The van der Waals surface area contributed by atoms with Gasteiger partial charge in [0.25, 0.3) is 5.91 Å². The molecule has 2 aromatic rings. The summed E-state index contributed by atoms with van der Waals surface area (Å²) in [5.41, 5.74) is 1.46.